The van der Waals surface area contributed by atoms with E-state index in [1.165, 1.54) is 17.0 Å². The molecule has 0 bridgehead atoms. The summed E-state index contributed by atoms with van der Waals surface area (Å²) in [4.78, 5) is 16.6. The van der Waals surface area contributed by atoms with E-state index in [4.69, 9.17) is 11.6 Å². The topological polar surface area (TPSA) is 68.1 Å². The van der Waals surface area contributed by atoms with Crippen LogP contribution in [0.5, 0.6) is 0 Å². The predicted molar refractivity (Wildman–Crippen MR) is 72.3 cm³/mol. The van der Waals surface area contributed by atoms with Crippen molar-refractivity contribution in [3.05, 3.63) is 49.3 Å². The summed E-state index contributed by atoms with van der Waals surface area (Å²) in [5, 5.41) is 14.0. The first-order chi connectivity index (χ1) is 8.56. The number of nitrogens with zero attached hydrogens (tertiary/aromatic N) is 2. The Morgan fingerprint density at radius 1 is 1.44 bits per heavy atom. The second-order valence-electron chi connectivity index (χ2n) is 3.62. The van der Waals surface area contributed by atoms with Gasteiger partial charge in [0.2, 0.25) is 5.82 Å². The standard InChI is InChI=1S/C11H10ClN3O2S/c1-7-2-3-8(18-7)6-13-11-9(15(16)17)4-5-10(12)14-11/h2-5H,6H2,1H3,(H,13,14). The van der Waals surface area contributed by atoms with Crippen molar-refractivity contribution in [3.8, 4) is 0 Å². The van der Waals surface area contributed by atoms with Crippen LogP contribution in [0.15, 0.2) is 24.3 Å². The van der Waals surface area contributed by atoms with Gasteiger partial charge in [0.25, 0.3) is 0 Å². The molecule has 0 spiro atoms. The molecule has 0 fully saturated rings. The van der Waals surface area contributed by atoms with Gasteiger partial charge in [0.15, 0.2) is 0 Å². The minimum atomic E-state index is -0.481. The molecule has 0 aliphatic rings. The fourth-order valence-corrected chi connectivity index (χ4v) is 2.43. The number of aryl methyl sites for hydroxylation is 1. The Kier molecular flexibility index (Phi) is 3.78. The van der Waals surface area contributed by atoms with E-state index in [-0.39, 0.29) is 16.7 Å². The van der Waals surface area contributed by atoms with Crippen molar-refractivity contribution in [1.29, 1.82) is 0 Å². The van der Waals surface area contributed by atoms with E-state index in [9.17, 15) is 10.1 Å². The number of nitro groups is 1. The number of hydrogen-bond acceptors (Lipinski definition) is 5. The average Bonchev–Trinajstić information content (AvgIpc) is 2.72. The maximum atomic E-state index is 10.8. The Morgan fingerprint density at radius 3 is 2.83 bits per heavy atom. The average molecular weight is 284 g/mol. The van der Waals surface area contributed by atoms with Crippen molar-refractivity contribution in [3.63, 3.8) is 0 Å². The lowest BCUT2D eigenvalue weighted by Gasteiger charge is -2.04. The Balaban J connectivity index is 2.17. The van der Waals surface area contributed by atoms with Gasteiger partial charge in [-0.15, -0.1) is 11.3 Å². The summed E-state index contributed by atoms with van der Waals surface area (Å²) in [5.74, 6) is 0.193. The molecule has 7 heteroatoms. The lowest BCUT2D eigenvalue weighted by atomic mass is 10.3. The third-order valence-electron chi connectivity index (χ3n) is 2.26. The van der Waals surface area contributed by atoms with Crippen LogP contribution in [0.25, 0.3) is 0 Å². The summed E-state index contributed by atoms with van der Waals surface area (Å²) in [7, 11) is 0. The third kappa shape index (κ3) is 2.96. The Morgan fingerprint density at radius 2 is 2.22 bits per heavy atom. The Bertz CT molecular complexity index is 585. The lowest BCUT2D eigenvalue weighted by molar-refractivity contribution is -0.384. The van der Waals surface area contributed by atoms with Crippen LogP contribution in [0.1, 0.15) is 9.75 Å². The number of rotatable bonds is 4. The molecular formula is C11H10ClN3O2S. The second kappa shape index (κ2) is 5.32. The van der Waals surface area contributed by atoms with Crippen molar-refractivity contribution >= 4 is 34.4 Å². The zero-order valence-corrected chi connectivity index (χ0v) is 11.1. The van der Waals surface area contributed by atoms with E-state index in [1.807, 2.05) is 19.1 Å². The first-order valence-corrected chi connectivity index (χ1v) is 6.36. The van der Waals surface area contributed by atoms with Gasteiger partial charge in [0.1, 0.15) is 5.15 Å². The molecule has 0 aliphatic carbocycles. The number of halogens is 1. The molecule has 18 heavy (non-hydrogen) atoms. The zero-order chi connectivity index (χ0) is 13.1. The molecule has 0 radical (unpaired) electrons. The second-order valence-corrected chi connectivity index (χ2v) is 5.38. The van der Waals surface area contributed by atoms with Crippen LogP contribution in [-0.2, 0) is 6.54 Å². The molecule has 0 unspecified atom stereocenters. The van der Waals surface area contributed by atoms with Crippen LogP contribution < -0.4 is 5.32 Å². The van der Waals surface area contributed by atoms with E-state index < -0.39 is 4.92 Å². The van der Waals surface area contributed by atoms with Gasteiger partial charge in [0, 0.05) is 15.8 Å². The van der Waals surface area contributed by atoms with Gasteiger partial charge >= 0.3 is 5.69 Å². The number of thiophene rings is 1. The molecule has 0 aromatic carbocycles. The highest BCUT2D eigenvalue weighted by Crippen LogP contribution is 2.25. The summed E-state index contributed by atoms with van der Waals surface area (Å²) in [6.45, 7) is 2.50. The van der Waals surface area contributed by atoms with Crippen molar-refractivity contribution in [2.24, 2.45) is 0 Å². The fraction of sp³-hybridized carbons (Fsp3) is 0.182. The Labute approximate surface area is 113 Å². The molecule has 0 saturated carbocycles. The molecule has 5 nitrogen and oxygen atoms in total. The molecule has 2 rings (SSSR count). The van der Waals surface area contributed by atoms with Crippen molar-refractivity contribution in [1.82, 2.24) is 4.98 Å². The Hall–Kier alpha value is -1.66. The van der Waals surface area contributed by atoms with Crippen molar-refractivity contribution < 1.29 is 4.92 Å². The molecule has 0 amide bonds. The van der Waals surface area contributed by atoms with Gasteiger partial charge < -0.3 is 5.32 Å². The normalized spacial score (nSPS) is 10.3. The lowest BCUT2D eigenvalue weighted by Crippen LogP contribution is -2.03. The summed E-state index contributed by atoms with van der Waals surface area (Å²) in [5.41, 5.74) is -0.0762. The summed E-state index contributed by atoms with van der Waals surface area (Å²) < 4.78 is 0. The maximum absolute atomic E-state index is 10.8. The SMILES string of the molecule is Cc1ccc(CNc2nc(Cl)ccc2[N+](=O)[O-])s1. The van der Waals surface area contributed by atoms with Crippen LogP contribution in [0.4, 0.5) is 11.5 Å². The third-order valence-corrected chi connectivity index (χ3v) is 3.47. The zero-order valence-electron chi connectivity index (χ0n) is 9.51. The predicted octanol–water partition coefficient (Wildman–Crippen LogP) is 3.63. The first kappa shape index (κ1) is 12.8. The summed E-state index contributed by atoms with van der Waals surface area (Å²) in [6.07, 6.45) is 0. The number of hydrogen-bond donors (Lipinski definition) is 1. The smallest absolute Gasteiger partial charge is 0.311 e. The number of pyridine rings is 1. The van der Waals surface area contributed by atoms with E-state index in [1.54, 1.807) is 11.3 Å². The number of aromatic nitrogens is 1. The van der Waals surface area contributed by atoms with Crippen LogP contribution in [-0.4, -0.2) is 9.91 Å². The molecule has 0 saturated heterocycles. The summed E-state index contributed by atoms with van der Waals surface area (Å²) in [6, 6.07) is 6.72. The van der Waals surface area contributed by atoms with Crippen molar-refractivity contribution in [2.45, 2.75) is 13.5 Å². The van der Waals surface area contributed by atoms with E-state index in [2.05, 4.69) is 10.3 Å². The molecule has 1 N–H and O–H groups in total. The highest BCUT2D eigenvalue weighted by molar-refractivity contribution is 7.11. The van der Waals surface area contributed by atoms with Gasteiger partial charge in [-0.25, -0.2) is 4.98 Å². The molecule has 0 atom stereocenters. The van der Waals surface area contributed by atoms with Gasteiger partial charge in [-0.2, -0.15) is 0 Å². The van der Waals surface area contributed by atoms with E-state index >= 15 is 0 Å². The molecule has 2 aromatic rings. The fourth-order valence-electron chi connectivity index (χ4n) is 1.46. The van der Waals surface area contributed by atoms with Gasteiger partial charge in [-0.3, -0.25) is 10.1 Å². The first-order valence-electron chi connectivity index (χ1n) is 5.16. The monoisotopic (exact) mass is 283 g/mol. The minimum absolute atomic E-state index is 0.0762. The highest BCUT2D eigenvalue weighted by atomic mass is 35.5. The summed E-state index contributed by atoms with van der Waals surface area (Å²) >= 11 is 7.37. The van der Waals surface area contributed by atoms with Crippen LogP contribution in [0.2, 0.25) is 5.15 Å². The quantitative estimate of drug-likeness (QED) is 0.528. The molecule has 2 aromatic heterocycles. The number of anilines is 1. The van der Waals surface area contributed by atoms with E-state index in [0.29, 0.717) is 6.54 Å². The van der Waals surface area contributed by atoms with Gasteiger partial charge in [0.05, 0.1) is 11.5 Å². The largest absolute Gasteiger partial charge is 0.359 e. The molecule has 0 aliphatic heterocycles. The maximum Gasteiger partial charge on any atom is 0.311 e. The van der Waals surface area contributed by atoms with Gasteiger partial charge in [-0.1, -0.05) is 11.6 Å². The molecule has 94 valence electrons. The van der Waals surface area contributed by atoms with E-state index in [0.717, 1.165) is 4.88 Å². The van der Waals surface area contributed by atoms with Crippen molar-refractivity contribution in [2.75, 3.05) is 5.32 Å². The van der Waals surface area contributed by atoms with Crippen LogP contribution >= 0.6 is 22.9 Å². The molecular weight excluding hydrogens is 274 g/mol. The minimum Gasteiger partial charge on any atom is -0.359 e. The number of nitrogens with one attached hydrogen (secondary N) is 1. The van der Waals surface area contributed by atoms with Crippen LogP contribution in [0, 0.1) is 17.0 Å². The van der Waals surface area contributed by atoms with Gasteiger partial charge in [-0.05, 0) is 25.1 Å². The molecule has 2 heterocycles. The van der Waals surface area contributed by atoms with Crippen LogP contribution in [0.3, 0.4) is 0 Å². The highest BCUT2D eigenvalue weighted by Gasteiger charge is 2.15.